The second kappa shape index (κ2) is 5.26. The van der Waals surface area contributed by atoms with Crippen molar-refractivity contribution >= 4 is 17.3 Å². The summed E-state index contributed by atoms with van der Waals surface area (Å²) in [7, 11) is 0. The van der Waals surface area contributed by atoms with E-state index >= 15 is 0 Å². The molecule has 0 atom stereocenters. The lowest BCUT2D eigenvalue weighted by Crippen LogP contribution is -2.08. The van der Waals surface area contributed by atoms with Crippen LogP contribution < -0.4 is 5.32 Å². The summed E-state index contributed by atoms with van der Waals surface area (Å²) in [6, 6.07) is 8.20. The Hall–Kier alpha value is -2.76. The van der Waals surface area contributed by atoms with E-state index in [1.807, 2.05) is 6.07 Å². The van der Waals surface area contributed by atoms with Crippen molar-refractivity contribution in [3.63, 3.8) is 0 Å². The number of nitrogens with one attached hydrogen (secondary N) is 1. The van der Waals surface area contributed by atoms with Gasteiger partial charge in [-0.25, -0.2) is 0 Å². The summed E-state index contributed by atoms with van der Waals surface area (Å²) < 4.78 is 0. The topological polar surface area (TPSA) is 85.1 Å². The second-order valence-corrected chi connectivity index (χ2v) is 3.91. The normalized spacial score (nSPS) is 9.95. The van der Waals surface area contributed by atoms with Gasteiger partial charge >= 0.3 is 0 Å². The molecule has 1 N–H and O–H groups in total. The molecule has 0 aliphatic carbocycles. The van der Waals surface area contributed by atoms with E-state index in [2.05, 4.69) is 10.3 Å². The van der Waals surface area contributed by atoms with Gasteiger partial charge in [0.25, 0.3) is 5.69 Å². The first-order valence-electron chi connectivity index (χ1n) is 5.54. The summed E-state index contributed by atoms with van der Waals surface area (Å²) in [4.78, 5) is 25.5. The first-order valence-corrected chi connectivity index (χ1v) is 5.54. The monoisotopic (exact) mass is 257 g/mol. The third kappa shape index (κ3) is 2.92. The van der Waals surface area contributed by atoms with Crippen LogP contribution in [0.5, 0.6) is 0 Å². The number of nitrogens with zero attached hydrogens (tertiary/aromatic N) is 2. The predicted molar refractivity (Wildman–Crippen MR) is 70.6 cm³/mol. The predicted octanol–water partition coefficient (Wildman–Crippen LogP) is 2.62. The molecule has 1 heterocycles. The Bertz CT molecular complexity index is 626. The average Bonchev–Trinajstić information content (AvgIpc) is 2.39. The number of pyridine rings is 1. The van der Waals surface area contributed by atoms with E-state index in [1.54, 1.807) is 24.5 Å². The van der Waals surface area contributed by atoms with E-state index in [9.17, 15) is 14.9 Å². The number of anilines is 1. The van der Waals surface area contributed by atoms with Gasteiger partial charge < -0.3 is 5.32 Å². The van der Waals surface area contributed by atoms with Crippen LogP contribution in [-0.4, -0.2) is 15.8 Å². The van der Waals surface area contributed by atoms with Gasteiger partial charge in [0.1, 0.15) is 5.69 Å². The first-order chi connectivity index (χ1) is 9.08. The Morgan fingerprint density at radius 1 is 1.32 bits per heavy atom. The molecule has 19 heavy (non-hydrogen) atoms. The van der Waals surface area contributed by atoms with Crippen molar-refractivity contribution < 1.29 is 9.72 Å². The Morgan fingerprint density at radius 3 is 2.68 bits per heavy atom. The molecule has 0 unspecified atom stereocenters. The number of carbonyl (C=O) groups is 1. The lowest BCUT2D eigenvalue weighted by atomic mass is 10.1. The fourth-order valence-corrected chi connectivity index (χ4v) is 1.69. The minimum Gasteiger partial charge on any atom is -0.321 e. The summed E-state index contributed by atoms with van der Waals surface area (Å²) in [6.07, 6.45) is 3.25. The number of nitro benzene ring substituents is 1. The Balaban J connectivity index is 2.48. The van der Waals surface area contributed by atoms with Crippen LogP contribution in [0.3, 0.4) is 0 Å². The lowest BCUT2D eigenvalue weighted by Gasteiger charge is -2.06. The van der Waals surface area contributed by atoms with Crippen LogP contribution >= 0.6 is 0 Å². The molecule has 0 spiro atoms. The van der Waals surface area contributed by atoms with Gasteiger partial charge in [-0.05, 0) is 17.7 Å². The molecule has 2 aromatic rings. The van der Waals surface area contributed by atoms with Crippen LogP contribution in [0.4, 0.5) is 11.4 Å². The largest absolute Gasteiger partial charge is 0.321 e. The van der Waals surface area contributed by atoms with Gasteiger partial charge in [0.2, 0.25) is 5.91 Å². The molecule has 6 heteroatoms. The summed E-state index contributed by atoms with van der Waals surface area (Å²) in [5.41, 5.74) is 1.50. The van der Waals surface area contributed by atoms with Gasteiger partial charge in [-0.3, -0.25) is 19.9 Å². The molecule has 1 aromatic carbocycles. The van der Waals surface area contributed by atoms with Crippen molar-refractivity contribution in [2.45, 2.75) is 6.92 Å². The second-order valence-electron chi connectivity index (χ2n) is 3.91. The number of aromatic nitrogens is 1. The lowest BCUT2D eigenvalue weighted by molar-refractivity contribution is -0.383. The van der Waals surface area contributed by atoms with E-state index < -0.39 is 4.92 Å². The zero-order valence-corrected chi connectivity index (χ0v) is 10.2. The van der Waals surface area contributed by atoms with E-state index in [0.29, 0.717) is 5.56 Å². The molecular weight excluding hydrogens is 246 g/mol. The summed E-state index contributed by atoms with van der Waals surface area (Å²) in [5, 5.41) is 13.5. The molecule has 0 aliphatic rings. The smallest absolute Gasteiger partial charge is 0.293 e. The molecule has 0 saturated carbocycles. The molecule has 0 bridgehead atoms. The number of nitro groups is 1. The quantitative estimate of drug-likeness (QED) is 0.676. The zero-order chi connectivity index (χ0) is 13.8. The standard InChI is InChI=1S/C13H11N3O3/c1-9(17)15-12-5-4-10(7-13(12)16(18)19)11-3-2-6-14-8-11/h2-8H,1H3,(H,15,17). The summed E-state index contributed by atoms with van der Waals surface area (Å²) in [5.74, 6) is -0.350. The Morgan fingerprint density at radius 2 is 2.11 bits per heavy atom. The van der Waals surface area contributed by atoms with Crippen LogP contribution in [0.2, 0.25) is 0 Å². The molecule has 0 fully saturated rings. The van der Waals surface area contributed by atoms with E-state index in [0.717, 1.165) is 5.56 Å². The summed E-state index contributed by atoms with van der Waals surface area (Å²) >= 11 is 0. The van der Waals surface area contributed by atoms with Gasteiger partial charge in [-0.2, -0.15) is 0 Å². The Kier molecular flexibility index (Phi) is 3.51. The minimum atomic E-state index is -0.523. The fraction of sp³-hybridized carbons (Fsp3) is 0.0769. The maximum atomic E-state index is 11.0. The van der Waals surface area contributed by atoms with Gasteiger partial charge in [-0.1, -0.05) is 12.1 Å². The average molecular weight is 257 g/mol. The minimum absolute atomic E-state index is 0.142. The van der Waals surface area contributed by atoms with Gasteiger partial charge in [0, 0.05) is 30.9 Å². The number of benzene rings is 1. The molecule has 96 valence electrons. The Labute approximate surface area is 109 Å². The zero-order valence-electron chi connectivity index (χ0n) is 10.2. The highest BCUT2D eigenvalue weighted by Gasteiger charge is 2.16. The number of rotatable bonds is 3. The van der Waals surface area contributed by atoms with Gasteiger partial charge in [0.05, 0.1) is 4.92 Å². The van der Waals surface area contributed by atoms with Gasteiger partial charge in [0.15, 0.2) is 0 Å². The highest BCUT2D eigenvalue weighted by atomic mass is 16.6. The van der Waals surface area contributed by atoms with Crippen molar-refractivity contribution in [2.75, 3.05) is 5.32 Å². The molecule has 0 aliphatic heterocycles. The van der Waals surface area contributed by atoms with Crippen LogP contribution in [0.25, 0.3) is 11.1 Å². The maximum absolute atomic E-state index is 11.0. The van der Waals surface area contributed by atoms with Crippen molar-refractivity contribution in [3.8, 4) is 11.1 Å². The van der Waals surface area contributed by atoms with Crippen molar-refractivity contribution in [3.05, 3.63) is 52.8 Å². The van der Waals surface area contributed by atoms with Crippen LogP contribution in [-0.2, 0) is 4.79 Å². The molecule has 0 saturated heterocycles. The van der Waals surface area contributed by atoms with Crippen LogP contribution in [0.1, 0.15) is 6.92 Å². The van der Waals surface area contributed by atoms with Crippen LogP contribution in [0, 0.1) is 10.1 Å². The van der Waals surface area contributed by atoms with Crippen molar-refractivity contribution in [1.82, 2.24) is 4.98 Å². The van der Waals surface area contributed by atoms with Gasteiger partial charge in [-0.15, -0.1) is 0 Å². The molecule has 0 radical (unpaired) electrons. The van der Waals surface area contributed by atoms with Crippen molar-refractivity contribution in [1.29, 1.82) is 0 Å². The molecule has 1 amide bonds. The van der Waals surface area contributed by atoms with Crippen molar-refractivity contribution in [2.24, 2.45) is 0 Å². The number of hydrogen-bond acceptors (Lipinski definition) is 4. The third-order valence-corrected chi connectivity index (χ3v) is 2.50. The first kappa shape index (κ1) is 12.7. The molecule has 6 nitrogen and oxygen atoms in total. The highest BCUT2D eigenvalue weighted by Crippen LogP contribution is 2.30. The number of carbonyl (C=O) groups excluding carboxylic acids is 1. The molecule has 2 rings (SSSR count). The van der Waals surface area contributed by atoms with E-state index in [1.165, 1.54) is 19.1 Å². The molecular formula is C13H11N3O3. The third-order valence-electron chi connectivity index (χ3n) is 2.50. The molecule has 1 aromatic heterocycles. The fourth-order valence-electron chi connectivity index (χ4n) is 1.69. The van der Waals surface area contributed by atoms with Crippen LogP contribution in [0.15, 0.2) is 42.7 Å². The number of amides is 1. The summed E-state index contributed by atoms with van der Waals surface area (Å²) in [6.45, 7) is 1.30. The SMILES string of the molecule is CC(=O)Nc1ccc(-c2cccnc2)cc1[N+](=O)[O-]. The number of hydrogen-bond donors (Lipinski definition) is 1. The highest BCUT2D eigenvalue weighted by molar-refractivity contribution is 5.92. The van der Waals surface area contributed by atoms with E-state index in [-0.39, 0.29) is 17.3 Å². The maximum Gasteiger partial charge on any atom is 0.293 e. The van der Waals surface area contributed by atoms with E-state index in [4.69, 9.17) is 0 Å².